The van der Waals surface area contributed by atoms with Gasteiger partial charge in [-0.2, -0.15) is 9.78 Å². The van der Waals surface area contributed by atoms with Crippen molar-refractivity contribution in [3.8, 4) is 17.3 Å². The highest BCUT2D eigenvalue weighted by atomic mass is 79.9. The van der Waals surface area contributed by atoms with E-state index in [-0.39, 0.29) is 11.4 Å². The summed E-state index contributed by atoms with van der Waals surface area (Å²) >= 11 is 3.47. The quantitative estimate of drug-likeness (QED) is 0.209. The Morgan fingerprint density at radius 1 is 1.11 bits per heavy atom. The van der Waals surface area contributed by atoms with Crippen LogP contribution < -0.4 is 10.3 Å². The summed E-state index contributed by atoms with van der Waals surface area (Å²) in [6.07, 6.45) is 0.667. The van der Waals surface area contributed by atoms with E-state index in [1.165, 1.54) is 18.0 Å². The molecule has 0 aliphatic rings. The van der Waals surface area contributed by atoms with Crippen molar-refractivity contribution in [2.45, 2.75) is 13.0 Å². The fourth-order valence-electron chi connectivity index (χ4n) is 3.73. The molecule has 5 aromatic rings. The van der Waals surface area contributed by atoms with Crippen molar-refractivity contribution < 1.29 is 18.7 Å². The Labute approximate surface area is 213 Å². The molecule has 0 N–H and O–H groups in total. The Morgan fingerprint density at radius 3 is 2.72 bits per heavy atom. The van der Waals surface area contributed by atoms with Gasteiger partial charge in [-0.1, -0.05) is 40.2 Å². The van der Waals surface area contributed by atoms with Crippen molar-refractivity contribution in [3.05, 3.63) is 93.2 Å². The normalized spacial score (nSPS) is 12.3. The fourth-order valence-corrected chi connectivity index (χ4v) is 4.11. The molecule has 1 atom stereocenters. The third-order valence-electron chi connectivity index (χ3n) is 5.52. The van der Waals surface area contributed by atoms with Gasteiger partial charge in [0, 0.05) is 15.4 Å². The van der Waals surface area contributed by atoms with Gasteiger partial charge in [0.25, 0.3) is 5.56 Å². The second-order valence-electron chi connectivity index (χ2n) is 7.93. The van der Waals surface area contributed by atoms with Crippen molar-refractivity contribution in [2.24, 2.45) is 5.10 Å². The largest absolute Gasteiger partial charge is 0.478 e. The molecule has 2 aromatic heterocycles. The second-order valence-corrected chi connectivity index (χ2v) is 8.84. The zero-order valence-corrected chi connectivity index (χ0v) is 20.9. The smallest absolute Gasteiger partial charge is 0.346 e. The number of hydrogen-bond acceptors (Lipinski definition) is 7. The predicted molar refractivity (Wildman–Crippen MR) is 140 cm³/mol. The van der Waals surface area contributed by atoms with E-state index in [2.05, 4.69) is 21.0 Å². The second kappa shape index (κ2) is 9.79. The van der Waals surface area contributed by atoms with Crippen molar-refractivity contribution in [1.29, 1.82) is 0 Å². The fraction of sp³-hybridized carbons (Fsp3) is 0.111. The highest BCUT2D eigenvalue weighted by Crippen LogP contribution is 2.29. The van der Waals surface area contributed by atoms with Gasteiger partial charge in [0.2, 0.25) is 5.82 Å². The summed E-state index contributed by atoms with van der Waals surface area (Å²) in [7, 11) is 1.30. The summed E-state index contributed by atoms with van der Waals surface area (Å²) in [5, 5.41) is 5.75. The molecule has 0 amide bonds. The van der Waals surface area contributed by atoms with E-state index in [0.29, 0.717) is 33.6 Å². The lowest BCUT2D eigenvalue weighted by Crippen LogP contribution is -2.25. The first kappa shape index (κ1) is 23.5. The van der Waals surface area contributed by atoms with Gasteiger partial charge in [-0.15, -0.1) is 0 Å². The molecule has 0 saturated heterocycles. The van der Waals surface area contributed by atoms with Crippen molar-refractivity contribution >= 4 is 50.0 Å². The molecule has 0 fully saturated rings. The van der Waals surface area contributed by atoms with Crippen LogP contribution in [0.3, 0.4) is 0 Å². The van der Waals surface area contributed by atoms with Crippen molar-refractivity contribution in [1.82, 2.24) is 9.66 Å². The van der Waals surface area contributed by atoms with Crippen LogP contribution in [0.4, 0.5) is 0 Å². The first-order valence-electron chi connectivity index (χ1n) is 11.0. The van der Waals surface area contributed by atoms with E-state index in [1.807, 2.05) is 30.3 Å². The van der Waals surface area contributed by atoms with E-state index in [9.17, 15) is 9.59 Å². The molecule has 8 nitrogen and oxygen atoms in total. The molecular weight excluding hydrogens is 526 g/mol. The van der Waals surface area contributed by atoms with Gasteiger partial charge in [-0.05, 0) is 55.5 Å². The van der Waals surface area contributed by atoms with Gasteiger partial charge >= 0.3 is 5.97 Å². The summed E-state index contributed by atoms with van der Waals surface area (Å²) in [4.78, 5) is 30.0. The summed E-state index contributed by atoms with van der Waals surface area (Å²) in [5.74, 6) is 0.558. The van der Waals surface area contributed by atoms with Crippen LogP contribution in [0.5, 0.6) is 5.75 Å². The minimum absolute atomic E-state index is 0.253. The van der Waals surface area contributed by atoms with Crippen LogP contribution in [0.1, 0.15) is 12.5 Å². The van der Waals surface area contributed by atoms with Gasteiger partial charge in [-0.25, -0.2) is 9.78 Å². The Balaban J connectivity index is 1.64. The molecule has 0 aliphatic carbocycles. The minimum atomic E-state index is -0.819. The maximum atomic E-state index is 13.5. The molecule has 0 unspecified atom stereocenters. The Hall–Kier alpha value is -4.24. The maximum absolute atomic E-state index is 13.5. The van der Waals surface area contributed by atoms with Crippen LogP contribution in [0.15, 0.2) is 91.6 Å². The van der Waals surface area contributed by atoms with Crippen LogP contribution >= 0.6 is 15.9 Å². The Bertz CT molecular complexity index is 1690. The van der Waals surface area contributed by atoms with Gasteiger partial charge in [-0.3, -0.25) is 4.79 Å². The molecule has 0 spiro atoms. The van der Waals surface area contributed by atoms with Gasteiger partial charge in [0.15, 0.2) is 11.9 Å². The van der Waals surface area contributed by atoms with Gasteiger partial charge in [0.1, 0.15) is 11.3 Å². The molecule has 36 heavy (non-hydrogen) atoms. The lowest BCUT2D eigenvalue weighted by Gasteiger charge is -2.14. The molecule has 2 heterocycles. The lowest BCUT2D eigenvalue weighted by molar-refractivity contribution is -0.147. The van der Waals surface area contributed by atoms with Crippen molar-refractivity contribution in [2.75, 3.05) is 7.11 Å². The summed E-state index contributed by atoms with van der Waals surface area (Å²) in [5.41, 5.74) is 1.39. The zero-order chi connectivity index (χ0) is 25.2. The standard InChI is InChI=1S/C27H20BrN3O5/c1-16(27(33)34-2)35-22-10-6-3-7-17(22)15-29-31-25(30-21-9-5-4-8-20(21)26(31)32)24-14-18-13-19(28)11-12-23(18)36-24/h3-16H,1-2H3/t16-/m1/s1. The van der Waals surface area contributed by atoms with E-state index in [1.54, 1.807) is 49.4 Å². The van der Waals surface area contributed by atoms with E-state index < -0.39 is 12.1 Å². The summed E-state index contributed by atoms with van der Waals surface area (Å²) in [6.45, 7) is 1.59. The number of methoxy groups -OCH3 is 1. The minimum Gasteiger partial charge on any atom is -0.478 e. The van der Waals surface area contributed by atoms with Crippen LogP contribution in [0.25, 0.3) is 33.5 Å². The first-order valence-corrected chi connectivity index (χ1v) is 11.8. The van der Waals surface area contributed by atoms with E-state index in [4.69, 9.17) is 18.9 Å². The Morgan fingerprint density at radius 2 is 1.89 bits per heavy atom. The first-order chi connectivity index (χ1) is 17.4. The number of nitrogens with zero attached hydrogens (tertiary/aromatic N) is 3. The number of aromatic nitrogens is 2. The SMILES string of the molecule is COC(=O)[C@@H](C)Oc1ccccc1C=Nn1c(-c2cc3cc(Br)ccc3o2)nc2ccccc2c1=O. The highest BCUT2D eigenvalue weighted by molar-refractivity contribution is 9.10. The van der Waals surface area contributed by atoms with E-state index >= 15 is 0 Å². The average Bonchev–Trinajstić information content (AvgIpc) is 3.31. The predicted octanol–water partition coefficient (Wildman–Crippen LogP) is 5.39. The highest BCUT2D eigenvalue weighted by Gasteiger charge is 2.18. The number of para-hydroxylation sites is 2. The number of carbonyl (C=O) groups is 1. The number of rotatable bonds is 6. The number of halogens is 1. The number of ether oxygens (including phenoxy) is 2. The molecule has 9 heteroatoms. The third kappa shape index (κ3) is 4.52. The molecule has 0 saturated carbocycles. The van der Waals surface area contributed by atoms with Crippen LogP contribution in [0, 0.1) is 0 Å². The number of benzene rings is 3. The molecule has 3 aromatic carbocycles. The number of carbonyl (C=O) groups excluding carboxylic acids is 1. The van der Waals surface area contributed by atoms with E-state index in [0.717, 1.165) is 9.86 Å². The Kier molecular flexibility index (Phi) is 6.39. The van der Waals surface area contributed by atoms with Crippen LogP contribution in [0.2, 0.25) is 0 Å². The average molecular weight is 546 g/mol. The third-order valence-corrected chi connectivity index (χ3v) is 6.01. The molecule has 0 bridgehead atoms. The van der Waals surface area contributed by atoms with Gasteiger partial charge < -0.3 is 13.9 Å². The summed E-state index contributed by atoms with van der Waals surface area (Å²) in [6, 6.07) is 21.6. The lowest BCUT2D eigenvalue weighted by atomic mass is 10.2. The van der Waals surface area contributed by atoms with Crippen molar-refractivity contribution in [3.63, 3.8) is 0 Å². The molecule has 180 valence electrons. The van der Waals surface area contributed by atoms with Crippen LogP contribution in [-0.4, -0.2) is 35.1 Å². The maximum Gasteiger partial charge on any atom is 0.346 e. The van der Waals surface area contributed by atoms with Gasteiger partial charge in [0.05, 0.1) is 24.2 Å². The molecule has 0 radical (unpaired) electrons. The summed E-state index contributed by atoms with van der Waals surface area (Å²) < 4.78 is 18.6. The molecule has 0 aliphatic heterocycles. The number of fused-ring (bicyclic) bond motifs is 2. The number of esters is 1. The molecular formula is C27H20BrN3O5. The topological polar surface area (TPSA) is 95.9 Å². The van der Waals surface area contributed by atoms with Crippen LogP contribution in [-0.2, 0) is 9.53 Å². The monoisotopic (exact) mass is 545 g/mol. The molecule has 5 rings (SSSR count). The number of furan rings is 1. The zero-order valence-electron chi connectivity index (χ0n) is 19.3. The number of hydrogen-bond donors (Lipinski definition) is 0.